The molecular weight excluding hydrogens is 262 g/mol. The highest BCUT2D eigenvalue weighted by atomic mass is 15.3. The van der Waals surface area contributed by atoms with Crippen LogP contribution < -0.4 is 9.80 Å². The number of hydrogen-bond acceptors (Lipinski definition) is 5. The topological polar surface area (TPSA) is 35.5 Å². The first-order chi connectivity index (χ1) is 10.3. The molecule has 5 nitrogen and oxygen atoms in total. The van der Waals surface area contributed by atoms with E-state index in [1.54, 1.807) is 6.33 Å². The molecule has 0 aliphatic carbocycles. The number of hydrogen-bond donors (Lipinski definition) is 0. The van der Waals surface area contributed by atoms with Crippen LogP contribution in [0.15, 0.2) is 12.4 Å². The van der Waals surface area contributed by atoms with Crippen molar-refractivity contribution in [1.82, 2.24) is 14.9 Å². The highest BCUT2D eigenvalue weighted by Crippen LogP contribution is 2.24. The second-order valence-corrected chi connectivity index (χ2v) is 6.35. The summed E-state index contributed by atoms with van der Waals surface area (Å²) in [5, 5.41) is 0. The van der Waals surface area contributed by atoms with Gasteiger partial charge in [-0.3, -0.25) is 0 Å². The van der Waals surface area contributed by atoms with E-state index in [0.29, 0.717) is 0 Å². The van der Waals surface area contributed by atoms with Crippen LogP contribution in [-0.4, -0.2) is 60.7 Å². The van der Waals surface area contributed by atoms with Crippen LogP contribution in [0.1, 0.15) is 26.7 Å². The van der Waals surface area contributed by atoms with Crippen molar-refractivity contribution in [3.63, 3.8) is 0 Å². The maximum atomic E-state index is 4.50. The Hall–Kier alpha value is -1.36. The molecule has 3 heterocycles. The lowest BCUT2D eigenvalue weighted by atomic mass is 10.0. The van der Waals surface area contributed by atoms with E-state index in [0.717, 1.165) is 63.4 Å². The summed E-state index contributed by atoms with van der Waals surface area (Å²) >= 11 is 0. The Bertz CT molecular complexity index is 456. The van der Waals surface area contributed by atoms with Gasteiger partial charge in [0.15, 0.2) is 0 Å². The predicted molar refractivity (Wildman–Crippen MR) is 87.0 cm³/mol. The monoisotopic (exact) mass is 289 g/mol. The number of anilines is 2. The predicted octanol–water partition coefficient (Wildman–Crippen LogP) is 1.85. The second-order valence-electron chi connectivity index (χ2n) is 6.35. The molecule has 3 rings (SSSR count). The quantitative estimate of drug-likeness (QED) is 0.848. The van der Waals surface area contributed by atoms with Crippen molar-refractivity contribution in [2.24, 2.45) is 5.92 Å². The van der Waals surface area contributed by atoms with Crippen LogP contribution in [0.2, 0.25) is 0 Å². The maximum absolute atomic E-state index is 4.50. The third-order valence-corrected chi connectivity index (χ3v) is 4.76. The molecule has 1 aromatic rings. The van der Waals surface area contributed by atoms with Crippen LogP contribution in [0, 0.1) is 5.92 Å². The summed E-state index contributed by atoms with van der Waals surface area (Å²) in [5.74, 6) is 2.96. The van der Waals surface area contributed by atoms with E-state index in [-0.39, 0.29) is 0 Å². The Balaban J connectivity index is 1.68. The van der Waals surface area contributed by atoms with Gasteiger partial charge in [0, 0.05) is 45.3 Å². The minimum atomic E-state index is 0.769. The highest BCUT2D eigenvalue weighted by molar-refractivity contribution is 5.50. The second kappa shape index (κ2) is 6.60. The van der Waals surface area contributed by atoms with Crippen LogP contribution in [0.25, 0.3) is 0 Å². The molecule has 0 aromatic carbocycles. The standard InChI is InChI=1S/C16H27N5/c1-3-19-7-9-20(10-8-19)15-11-16(18-13-17-15)21-6-4-5-14(2)12-21/h11,13-14H,3-10,12H2,1-2H3. The number of likely N-dealkylation sites (N-methyl/N-ethyl adjacent to an activating group) is 1. The van der Waals surface area contributed by atoms with Gasteiger partial charge in [0.1, 0.15) is 18.0 Å². The largest absolute Gasteiger partial charge is 0.356 e. The first-order valence-corrected chi connectivity index (χ1v) is 8.30. The third kappa shape index (κ3) is 3.46. The Morgan fingerprint density at radius 3 is 2.43 bits per heavy atom. The van der Waals surface area contributed by atoms with Crippen molar-refractivity contribution in [3.05, 3.63) is 12.4 Å². The zero-order chi connectivity index (χ0) is 14.7. The van der Waals surface area contributed by atoms with E-state index in [9.17, 15) is 0 Å². The van der Waals surface area contributed by atoms with Crippen LogP contribution >= 0.6 is 0 Å². The van der Waals surface area contributed by atoms with Crippen molar-refractivity contribution >= 4 is 11.6 Å². The molecule has 1 aromatic heterocycles. The van der Waals surface area contributed by atoms with Gasteiger partial charge in [0.25, 0.3) is 0 Å². The fourth-order valence-corrected chi connectivity index (χ4v) is 3.37. The number of aromatic nitrogens is 2. The summed E-state index contributed by atoms with van der Waals surface area (Å²) < 4.78 is 0. The SMILES string of the molecule is CCN1CCN(c2cc(N3CCCC(C)C3)ncn2)CC1. The van der Waals surface area contributed by atoms with Gasteiger partial charge < -0.3 is 14.7 Å². The van der Waals surface area contributed by atoms with Crippen molar-refractivity contribution < 1.29 is 0 Å². The molecule has 0 N–H and O–H groups in total. The maximum Gasteiger partial charge on any atom is 0.134 e. The van der Waals surface area contributed by atoms with E-state index in [2.05, 4.69) is 44.6 Å². The summed E-state index contributed by atoms with van der Waals surface area (Å²) in [4.78, 5) is 16.3. The summed E-state index contributed by atoms with van der Waals surface area (Å²) in [5.41, 5.74) is 0. The number of nitrogens with zero attached hydrogens (tertiary/aromatic N) is 5. The molecule has 0 spiro atoms. The average molecular weight is 289 g/mol. The van der Waals surface area contributed by atoms with Gasteiger partial charge in [0.05, 0.1) is 0 Å². The molecule has 21 heavy (non-hydrogen) atoms. The van der Waals surface area contributed by atoms with Gasteiger partial charge in [-0.15, -0.1) is 0 Å². The molecule has 5 heteroatoms. The fourth-order valence-electron chi connectivity index (χ4n) is 3.37. The molecular formula is C16H27N5. The normalized spacial score (nSPS) is 24.4. The Kier molecular flexibility index (Phi) is 4.58. The fraction of sp³-hybridized carbons (Fsp3) is 0.750. The van der Waals surface area contributed by atoms with E-state index in [1.807, 2.05) is 0 Å². The average Bonchev–Trinajstić information content (AvgIpc) is 2.55. The lowest BCUT2D eigenvalue weighted by Crippen LogP contribution is -2.46. The molecule has 0 bridgehead atoms. The zero-order valence-corrected chi connectivity index (χ0v) is 13.3. The summed E-state index contributed by atoms with van der Waals surface area (Å²) in [7, 11) is 0. The van der Waals surface area contributed by atoms with E-state index >= 15 is 0 Å². The Morgan fingerprint density at radius 1 is 1.05 bits per heavy atom. The van der Waals surface area contributed by atoms with Crippen molar-refractivity contribution in [1.29, 1.82) is 0 Å². The molecule has 1 atom stereocenters. The molecule has 0 saturated carbocycles. The van der Waals surface area contributed by atoms with Crippen LogP contribution in [-0.2, 0) is 0 Å². The van der Waals surface area contributed by atoms with Gasteiger partial charge in [-0.1, -0.05) is 13.8 Å². The summed E-state index contributed by atoms with van der Waals surface area (Å²) in [6.45, 7) is 12.4. The van der Waals surface area contributed by atoms with Crippen LogP contribution in [0.5, 0.6) is 0 Å². The van der Waals surface area contributed by atoms with Crippen LogP contribution in [0.3, 0.4) is 0 Å². The van der Waals surface area contributed by atoms with E-state index < -0.39 is 0 Å². The van der Waals surface area contributed by atoms with Gasteiger partial charge in [-0.25, -0.2) is 9.97 Å². The number of piperazine rings is 1. The lowest BCUT2D eigenvalue weighted by molar-refractivity contribution is 0.270. The third-order valence-electron chi connectivity index (χ3n) is 4.76. The first-order valence-electron chi connectivity index (χ1n) is 8.30. The Labute approximate surface area is 128 Å². The zero-order valence-electron chi connectivity index (χ0n) is 13.3. The van der Waals surface area contributed by atoms with Crippen molar-refractivity contribution in [3.8, 4) is 0 Å². The highest BCUT2D eigenvalue weighted by Gasteiger charge is 2.20. The van der Waals surface area contributed by atoms with Crippen molar-refractivity contribution in [2.45, 2.75) is 26.7 Å². The molecule has 1 unspecified atom stereocenters. The minimum Gasteiger partial charge on any atom is -0.356 e. The van der Waals surface area contributed by atoms with Crippen molar-refractivity contribution in [2.75, 3.05) is 55.6 Å². The van der Waals surface area contributed by atoms with E-state index in [1.165, 1.54) is 12.8 Å². The van der Waals surface area contributed by atoms with E-state index in [4.69, 9.17) is 0 Å². The molecule has 0 radical (unpaired) electrons. The molecule has 2 aliphatic rings. The van der Waals surface area contributed by atoms with Gasteiger partial charge in [-0.2, -0.15) is 0 Å². The lowest BCUT2D eigenvalue weighted by Gasteiger charge is -2.36. The Morgan fingerprint density at radius 2 is 1.76 bits per heavy atom. The minimum absolute atomic E-state index is 0.769. The van der Waals surface area contributed by atoms with Gasteiger partial charge in [0.2, 0.25) is 0 Å². The molecule has 2 aliphatic heterocycles. The van der Waals surface area contributed by atoms with Gasteiger partial charge in [-0.05, 0) is 25.3 Å². The molecule has 116 valence electrons. The smallest absolute Gasteiger partial charge is 0.134 e. The molecule has 0 amide bonds. The van der Waals surface area contributed by atoms with Crippen LogP contribution in [0.4, 0.5) is 11.6 Å². The molecule has 2 saturated heterocycles. The first kappa shape index (κ1) is 14.6. The number of rotatable bonds is 3. The number of piperidine rings is 1. The summed E-state index contributed by atoms with van der Waals surface area (Å²) in [6, 6.07) is 2.18. The molecule has 2 fully saturated rings. The summed E-state index contributed by atoms with van der Waals surface area (Å²) in [6.07, 6.45) is 4.35. The van der Waals surface area contributed by atoms with Gasteiger partial charge >= 0.3 is 0 Å².